The third kappa shape index (κ3) is 4.00. The second kappa shape index (κ2) is 7.84. The first-order chi connectivity index (χ1) is 12.2. The lowest BCUT2D eigenvalue weighted by atomic mass is 10.4. The summed E-state index contributed by atoms with van der Waals surface area (Å²) in [6, 6.07) is 7.05. The third-order valence-corrected chi connectivity index (χ3v) is 4.30. The molecule has 0 aromatic carbocycles. The van der Waals surface area contributed by atoms with Crippen LogP contribution in [0.5, 0.6) is 5.88 Å². The second-order valence-electron chi connectivity index (χ2n) is 4.95. The van der Waals surface area contributed by atoms with Crippen molar-refractivity contribution in [2.45, 2.75) is 18.6 Å². The number of aromatic nitrogens is 4. The summed E-state index contributed by atoms with van der Waals surface area (Å²) in [6.45, 7) is 2.67. The highest BCUT2D eigenvalue weighted by molar-refractivity contribution is 7.99. The van der Waals surface area contributed by atoms with Gasteiger partial charge >= 0.3 is 0 Å². The smallest absolute Gasteiger partial charge is 0.234 e. The quantitative estimate of drug-likeness (QED) is 0.648. The summed E-state index contributed by atoms with van der Waals surface area (Å²) in [5.74, 6) is 1.85. The molecule has 3 aromatic rings. The molecule has 0 aliphatic rings. The van der Waals surface area contributed by atoms with E-state index in [4.69, 9.17) is 9.15 Å². The van der Waals surface area contributed by atoms with Crippen LogP contribution in [0, 0.1) is 0 Å². The summed E-state index contributed by atoms with van der Waals surface area (Å²) in [7, 11) is 1.54. The molecule has 9 heteroatoms. The number of rotatable bonds is 7. The molecular formula is C16H17N5O3S. The van der Waals surface area contributed by atoms with E-state index in [0.29, 0.717) is 34.9 Å². The van der Waals surface area contributed by atoms with Crippen LogP contribution in [0.15, 0.2) is 46.3 Å². The van der Waals surface area contributed by atoms with Gasteiger partial charge < -0.3 is 14.5 Å². The van der Waals surface area contributed by atoms with Crippen molar-refractivity contribution in [1.82, 2.24) is 19.7 Å². The zero-order valence-electron chi connectivity index (χ0n) is 13.8. The fourth-order valence-electron chi connectivity index (χ4n) is 2.17. The van der Waals surface area contributed by atoms with E-state index < -0.39 is 0 Å². The molecular weight excluding hydrogens is 342 g/mol. The maximum atomic E-state index is 12.1. The Labute approximate surface area is 148 Å². The molecule has 3 aromatic heterocycles. The summed E-state index contributed by atoms with van der Waals surface area (Å²) in [5, 5.41) is 11.8. The number of hydrogen-bond donors (Lipinski definition) is 1. The van der Waals surface area contributed by atoms with Crippen LogP contribution in [-0.4, -0.2) is 38.5 Å². The Bertz CT molecular complexity index is 830. The molecule has 0 atom stereocenters. The second-order valence-corrected chi connectivity index (χ2v) is 5.90. The lowest BCUT2D eigenvalue weighted by Crippen LogP contribution is -2.14. The number of anilines is 1. The van der Waals surface area contributed by atoms with Crippen molar-refractivity contribution in [3.63, 3.8) is 0 Å². The number of thioether (sulfide) groups is 1. The van der Waals surface area contributed by atoms with Crippen LogP contribution in [0.25, 0.3) is 11.6 Å². The standard InChI is InChI=1S/C16H17N5O3S/c1-3-21-15(12-5-4-8-24-12)19-20-16(21)25-10-13(22)18-11-6-7-14(23-2)17-9-11/h4-9H,3,10H2,1-2H3,(H,18,22). The highest BCUT2D eigenvalue weighted by Gasteiger charge is 2.16. The van der Waals surface area contributed by atoms with Crippen molar-refractivity contribution in [3.05, 3.63) is 36.7 Å². The first-order valence-corrected chi connectivity index (χ1v) is 8.59. The lowest BCUT2D eigenvalue weighted by molar-refractivity contribution is -0.113. The molecule has 0 bridgehead atoms. The molecule has 0 unspecified atom stereocenters. The Morgan fingerprint density at radius 3 is 2.88 bits per heavy atom. The fraction of sp³-hybridized carbons (Fsp3) is 0.250. The zero-order chi connectivity index (χ0) is 17.6. The summed E-state index contributed by atoms with van der Waals surface area (Å²) >= 11 is 1.32. The summed E-state index contributed by atoms with van der Waals surface area (Å²) < 4.78 is 12.3. The zero-order valence-corrected chi connectivity index (χ0v) is 14.6. The Kier molecular flexibility index (Phi) is 5.34. The number of carbonyl (C=O) groups excluding carboxylic acids is 1. The van der Waals surface area contributed by atoms with Crippen LogP contribution in [0.3, 0.4) is 0 Å². The van der Waals surface area contributed by atoms with Gasteiger partial charge in [0.25, 0.3) is 0 Å². The van der Waals surface area contributed by atoms with E-state index in [0.717, 1.165) is 0 Å². The molecule has 0 aliphatic heterocycles. The molecule has 0 spiro atoms. The van der Waals surface area contributed by atoms with Gasteiger partial charge in [0.1, 0.15) is 0 Å². The molecule has 130 valence electrons. The van der Waals surface area contributed by atoms with E-state index in [2.05, 4.69) is 20.5 Å². The van der Waals surface area contributed by atoms with Crippen molar-refractivity contribution in [2.75, 3.05) is 18.2 Å². The lowest BCUT2D eigenvalue weighted by Gasteiger charge is -2.07. The molecule has 0 aliphatic carbocycles. The Hall–Kier alpha value is -2.81. The van der Waals surface area contributed by atoms with Gasteiger partial charge in [0.05, 0.1) is 31.0 Å². The van der Waals surface area contributed by atoms with Gasteiger partial charge in [-0.2, -0.15) is 0 Å². The Balaban J connectivity index is 1.62. The number of methoxy groups -OCH3 is 1. The maximum Gasteiger partial charge on any atom is 0.234 e. The van der Waals surface area contributed by atoms with Crippen molar-refractivity contribution in [2.24, 2.45) is 0 Å². The summed E-state index contributed by atoms with van der Waals surface area (Å²) in [4.78, 5) is 16.2. The van der Waals surface area contributed by atoms with Gasteiger partial charge in [0.15, 0.2) is 16.7 Å². The molecule has 0 saturated carbocycles. The predicted octanol–water partition coefficient (Wildman–Crippen LogP) is 2.69. The highest BCUT2D eigenvalue weighted by Crippen LogP contribution is 2.24. The molecule has 8 nitrogen and oxygen atoms in total. The molecule has 3 heterocycles. The molecule has 0 fully saturated rings. The third-order valence-electron chi connectivity index (χ3n) is 3.34. The fourth-order valence-corrected chi connectivity index (χ4v) is 2.97. The predicted molar refractivity (Wildman–Crippen MR) is 93.5 cm³/mol. The Morgan fingerprint density at radius 2 is 2.24 bits per heavy atom. The van der Waals surface area contributed by atoms with Crippen LogP contribution in [-0.2, 0) is 11.3 Å². The van der Waals surface area contributed by atoms with Crippen molar-refractivity contribution in [1.29, 1.82) is 0 Å². The molecule has 0 saturated heterocycles. The number of hydrogen-bond acceptors (Lipinski definition) is 7. The number of amides is 1. The van der Waals surface area contributed by atoms with E-state index >= 15 is 0 Å². The highest BCUT2D eigenvalue weighted by atomic mass is 32.2. The number of ether oxygens (including phenoxy) is 1. The maximum absolute atomic E-state index is 12.1. The van der Waals surface area contributed by atoms with Gasteiger partial charge in [-0.15, -0.1) is 10.2 Å². The summed E-state index contributed by atoms with van der Waals surface area (Å²) in [5.41, 5.74) is 0.611. The average molecular weight is 359 g/mol. The van der Waals surface area contributed by atoms with Gasteiger partial charge in [0.2, 0.25) is 11.8 Å². The van der Waals surface area contributed by atoms with Crippen LogP contribution in [0.4, 0.5) is 5.69 Å². The van der Waals surface area contributed by atoms with Gasteiger partial charge in [-0.25, -0.2) is 4.98 Å². The number of nitrogens with one attached hydrogen (secondary N) is 1. The number of furan rings is 1. The van der Waals surface area contributed by atoms with E-state index in [1.54, 1.807) is 30.7 Å². The van der Waals surface area contributed by atoms with E-state index in [-0.39, 0.29) is 11.7 Å². The molecule has 0 radical (unpaired) electrons. The number of nitrogens with zero attached hydrogens (tertiary/aromatic N) is 4. The van der Waals surface area contributed by atoms with E-state index in [1.807, 2.05) is 17.6 Å². The molecule has 3 rings (SSSR count). The van der Waals surface area contributed by atoms with Gasteiger partial charge in [-0.1, -0.05) is 11.8 Å². The number of pyridine rings is 1. The first kappa shape index (κ1) is 17.0. The first-order valence-electron chi connectivity index (χ1n) is 7.61. The van der Waals surface area contributed by atoms with Crippen molar-refractivity contribution in [3.8, 4) is 17.5 Å². The normalized spacial score (nSPS) is 10.6. The van der Waals surface area contributed by atoms with E-state index in [1.165, 1.54) is 18.9 Å². The van der Waals surface area contributed by atoms with Crippen molar-refractivity contribution >= 4 is 23.4 Å². The number of carbonyl (C=O) groups is 1. The minimum absolute atomic E-state index is 0.151. The van der Waals surface area contributed by atoms with Gasteiger partial charge in [0, 0.05) is 12.6 Å². The molecule has 25 heavy (non-hydrogen) atoms. The Morgan fingerprint density at radius 1 is 1.36 bits per heavy atom. The van der Waals surface area contributed by atoms with Crippen LogP contribution < -0.4 is 10.1 Å². The minimum atomic E-state index is -0.151. The monoisotopic (exact) mass is 359 g/mol. The largest absolute Gasteiger partial charge is 0.481 e. The topological polar surface area (TPSA) is 95.1 Å². The minimum Gasteiger partial charge on any atom is -0.481 e. The van der Waals surface area contributed by atoms with Crippen molar-refractivity contribution < 1.29 is 13.9 Å². The van der Waals surface area contributed by atoms with E-state index in [9.17, 15) is 4.79 Å². The van der Waals surface area contributed by atoms with Crippen LogP contribution in [0.1, 0.15) is 6.92 Å². The summed E-state index contributed by atoms with van der Waals surface area (Å²) in [6.07, 6.45) is 3.14. The van der Waals surface area contributed by atoms with Gasteiger partial charge in [-0.05, 0) is 25.1 Å². The SMILES string of the molecule is CCn1c(SCC(=O)Nc2ccc(OC)nc2)nnc1-c1ccco1. The van der Waals surface area contributed by atoms with Crippen LogP contribution >= 0.6 is 11.8 Å². The average Bonchev–Trinajstić information content (AvgIpc) is 3.29. The molecule has 1 N–H and O–H groups in total. The molecule has 1 amide bonds. The van der Waals surface area contributed by atoms with Crippen LogP contribution in [0.2, 0.25) is 0 Å². The van der Waals surface area contributed by atoms with Gasteiger partial charge in [-0.3, -0.25) is 9.36 Å².